The van der Waals surface area contributed by atoms with Gasteiger partial charge in [-0.3, -0.25) is 9.47 Å². The average molecular weight is 494 g/mol. The molecule has 1 atom stereocenters. The summed E-state index contributed by atoms with van der Waals surface area (Å²) < 4.78 is 13.0. The largest absolute Gasteiger partial charge is 0.496 e. The van der Waals surface area contributed by atoms with Crippen LogP contribution in [0.25, 0.3) is 10.9 Å². The van der Waals surface area contributed by atoms with Crippen LogP contribution in [0.2, 0.25) is 0 Å². The van der Waals surface area contributed by atoms with Crippen LogP contribution in [0.15, 0.2) is 42.6 Å². The number of fused-ring (bicyclic) bond motifs is 1. The molecule has 2 heterocycles. The summed E-state index contributed by atoms with van der Waals surface area (Å²) in [6.07, 6.45) is 1.36. The van der Waals surface area contributed by atoms with Crippen molar-refractivity contribution < 1.29 is 24.2 Å². The van der Waals surface area contributed by atoms with E-state index in [1.165, 1.54) is 0 Å². The predicted octanol–water partition coefficient (Wildman–Crippen LogP) is 4.93. The van der Waals surface area contributed by atoms with Crippen molar-refractivity contribution in [1.82, 2.24) is 14.4 Å². The van der Waals surface area contributed by atoms with Crippen LogP contribution >= 0.6 is 0 Å². The zero-order chi connectivity index (χ0) is 26.2. The van der Waals surface area contributed by atoms with E-state index in [1.807, 2.05) is 52.0 Å². The van der Waals surface area contributed by atoms with Crippen molar-refractivity contribution in [2.75, 3.05) is 33.8 Å². The first kappa shape index (κ1) is 25.7. The molecule has 1 aliphatic heterocycles. The molecule has 0 saturated carbocycles. The lowest BCUT2D eigenvalue weighted by molar-refractivity contribution is 0.0543. The van der Waals surface area contributed by atoms with E-state index in [9.17, 15) is 14.7 Å². The number of nitrogens with zero attached hydrogens (tertiary/aromatic N) is 3. The normalized spacial score (nSPS) is 17.3. The van der Waals surface area contributed by atoms with Crippen LogP contribution in [0, 0.1) is 6.92 Å². The van der Waals surface area contributed by atoms with Crippen molar-refractivity contribution in [3.8, 4) is 5.75 Å². The van der Waals surface area contributed by atoms with Gasteiger partial charge in [0.25, 0.3) is 0 Å². The molecule has 0 amide bonds. The lowest BCUT2D eigenvalue weighted by Gasteiger charge is -2.40. The Morgan fingerprint density at radius 3 is 2.42 bits per heavy atom. The van der Waals surface area contributed by atoms with Gasteiger partial charge in [0.05, 0.1) is 18.2 Å². The number of hydrogen-bond acceptors (Lipinski definition) is 6. The number of likely N-dealkylation sites (N-methyl/N-ethyl adjacent to an activating group) is 1. The summed E-state index contributed by atoms with van der Waals surface area (Å²) in [5.41, 5.74) is 3.51. The summed E-state index contributed by atoms with van der Waals surface area (Å²) in [6.45, 7) is 10.7. The number of carboxylic acid groups (broad SMARTS) is 1. The van der Waals surface area contributed by atoms with Gasteiger partial charge in [0.2, 0.25) is 0 Å². The van der Waals surface area contributed by atoms with Crippen molar-refractivity contribution in [2.45, 2.75) is 45.9 Å². The molecule has 1 aliphatic rings. The average Bonchev–Trinajstić information content (AvgIpc) is 3.27. The number of carbonyl (C=O) groups is 2. The van der Waals surface area contributed by atoms with E-state index in [0.29, 0.717) is 6.54 Å². The highest BCUT2D eigenvalue weighted by molar-refractivity contribution is 5.95. The lowest BCUT2D eigenvalue weighted by Crippen LogP contribution is -2.46. The molecule has 36 heavy (non-hydrogen) atoms. The van der Waals surface area contributed by atoms with E-state index in [1.54, 1.807) is 30.0 Å². The minimum Gasteiger partial charge on any atom is -0.496 e. The molecule has 8 nitrogen and oxygen atoms in total. The van der Waals surface area contributed by atoms with Gasteiger partial charge in [-0.25, -0.2) is 9.59 Å². The molecule has 1 aromatic heterocycles. The number of aryl methyl sites for hydroxylation is 1. The van der Waals surface area contributed by atoms with E-state index >= 15 is 0 Å². The summed E-state index contributed by atoms with van der Waals surface area (Å²) in [7, 11) is 3.77. The standard InChI is InChI=1S/C28H35N3O5/c1-18-15-24(35-6)22(21-11-12-31(25(18)21)27(34)36-28(2,3)4)16-30-14-13-29(5)17-23(30)19-7-9-20(10-8-19)26(32)33/h7-12,15,23H,13-14,16-17H2,1-6H3,(H,32,33)/t23-/m0/s1. The maximum Gasteiger partial charge on any atom is 0.419 e. The molecular formula is C28H35N3O5. The third kappa shape index (κ3) is 5.24. The number of methoxy groups -OCH3 is 1. The summed E-state index contributed by atoms with van der Waals surface area (Å²) >= 11 is 0. The zero-order valence-electron chi connectivity index (χ0n) is 21.9. The second-order valence-corrected chi connectivity index (χ2v) is 10.5. The molecular weight excluding hydrogens is 458 g/mol. The number of benzene rings is 2. The zero-order valence-corrected chi connectivity index (χ0v) is 21.9. The van der Waals surface area contributed by atoms with Crippen LogP contribution in [0.1, 0.15) is 53.9 Å². The third-order valence-corrected chi connectivity index (χ3v) is 6.64. The van der Waals surface area contributed by atoms with Crippen LogP contribution in [0.5, 0.6) is 5.75 Å². The Bertz CT molecular complexity index is 1270. The fourth-order valence-electron chi connectivity index (χ4n) is 4.88. The topological polar surface area (TPSA) is 84.2 Å². The van der Waals surface area contributed by atoms with Crippen LogP contribution in [-0.4, -0.2) is 70.9 Å². The van der Waals surface area contributed by atoms with Gasteiger partial charge in [-0.1, -0.05) is 12.1 Å². The Hall–Kier alpha value is -3.36. The number of aromatic nitrogens is 1. The summed E-state index contributed by atoms with van der Waals surface area (Å²) in [5.74, 6) is -0.152. The Morgan fingerprint density at radius 1 is 1.11 bits per heavy atom. The number of carboxylic acids is 1. The molecule has 1 fully saturated rings. The van der Waals surface area contributed by atoms with E-state index in [4.69, 9.17) is 9.47 Å². The van der Waals surface area contributed by atoms with Crippen molar-refractivity contribution in [3.05, 3.63) is 64.8 Å². The van der Waals surface area contributed by atoms with Crippen LogP contribution < -0.4 is 4.74 Å². The molecule has 192 valence electrons. The van der Waals surface area contributed by atoms with Crippen LogP contribution in [0.4, 0.5) is 4.79 Å². The number of carbonyl (C=O) groups excluding carboxylic acids is 1. The first-order valence-corrected chi connectivity index (χ1v) is 12.1. The van der Waals surface area contributed by atoms with Crippen molar-refractivity contribution in [3.63, 3.8) is 0 Å². The second-order valence-electron chi connectivity index (χ2n) is 10.5. The van der Waals surface area contributed by atoms with Gasteiger partial charge in [-0.2, -0.15) is 0 Å². The van der Waals surface area contributed by atoms with E-state index in [-0.39, 0.29) is 11.6 Å². The molecule has 1 N–H and O–H groups in total. The monoisotopic (exact) mass is 493 g/mol. The Balaban J connectivity index is 1.73. The SMILES string of the molecule is COc1cc(C)c2c(ccn2C(=O)OC(C)(C)C)c1CN1CCN(C)C[C@H]1c1ccc(C(=O)O)cc1. The fraction of sp³-hybridized carbons (Fsp3) is 0.429. The highest BCUT2D eigenvalue weighted by atomic mass is 16.6. The molecule has 0 unspecified atom stereocenters. The quantitative estimate of drug-likeness (QED) is 0.540. The summed E-state index contributed by atoms with van der Waals surface area (Å²) in [4.78, 5) is 29.0. The van der Waals surface area contributed by atoms with Crippen molar-refractivity contribution in [2.24, 2.45) is 0 Å². The maximum atomic E-state index is 12.9. The molecule has 2 aromatic carbocycles. The number of ether oxygens (including phenoxy) is 2. The molecule has 0 bridgehead atoms. The predicted molar refractivity (Wildman–Crippen MR) is 139 cm³/mol. The molecule has 0 aliphatic carbocycles. The van der Waals surface area contributed by atoms with E-state index in [0.717, 1.165) is 53.0 Å². The van der Waals surface area contributed by atoms with Gasteiger partial charge in [-0.05, 0) is 70.1 Å². The highest BCUT2D eigenvalue weighted by Gasteiger charge is 2.29. The van der Waals surface area contributed by atoms with Crippen molar-refractivity contribution >= 4 is 23.0 Å². The summed E-state index contributed by atoms with van der Waals surface area (Å²) in [5, 5.41) is 10.2. The molecule has 1 saturated heterocycles. The minimum absolute atomic E-state index is 0.0839. The van der Waals surface area contributed by atoms with E-state index in [2.05, 4.69) is 16.8 Å². The van der Waals surface area contributed by atoms with E-state index < -0.39 is 17.7 Å². The fourth-order valence-corrected chi connectivity index (χ4v) is 4.88. The molecule has 0 radical (unpaired) electrons. The van der Waals surface area contributed by atoms with Gasteiger partial charge in [0.1, 0.15) is 11.4 Å². The molecule has 4 rings (SSSR count). The smallest absolute Gasteiger partial charge is 0.419 e. The summed E-state index contributed by atoms with van der Waals surface area (Å²) in [6, 6.07) is 11.2. The first-order chi connectivity index (χ1) is 17.0. The maximum absolute atomic E-state index is 12.9. The first-order valence-electron chi connectivity index (χ1n) is 12.1. The van der Waals surface area contributed by atoms with Gasteiger partial charge < -0.3 is 19.5 Å². The Labute approximate surface area is 212 Å². The molecule has 3 aromatic rings. The Morgan fingerprint density at radius 2 is 1.81 bits per heavy atom. The molecule has 8 heteroatoms. The van der Waals surface area contributed by atoms with Crippen LogP contribution in [-0.2, 0) is 11.3 Å². The van der Waals surface area contributed by atoms with Gasteiger partial charge in [-0.15, -0.1) is 0 Å². The Kier molecular flexibility index (Phi) is 7.11. The van der Waals surface area contributed by atoms with Gasteiger partial charge in [0.15, 0.2) is 0 Å². The highest BCUT2D eigenvalue weighted by Crippen LogP contribution is 2.36. The number of hydrogen-bond donors (Lipinski definition) is 1. The second kappa shape index (κ2) is 9.95. The van der Waals surface area contributed by atoms with Gasteiger partial charge in [0, 0.05) is 49.4 Å². The van der Waals surface area contributed by atoms with Crippen molar-refractivity contribution in [1.29, 1.82) is 0 Å². The molecule has 0 spiro atoms. The minimum atomic E-state index is -0.930. The lowest BCUT2D eigenvalue weighted by atomic mass is 9.98. The number of piperazine rings is 1. The number of aromatic carboxylic acids is 1. The van der Waals surface area contributed by atoms with Crippen LogP contribution in [0.3, 0.4) is 0 Å². The van der Waals surface area contributed by atoms with Gasteiger partial charge >= 0.3 is 12.1 Å². The number of rotatable bonds is 5. The third-order valence-electron chi connectivity index (χ3n) is 6.64.